The molecular formula is C25H48O2. The average molecular weight is 381 g/mol. The number of hydrogen-bond acceptors (Lipinski definition) is 1. The van der Waals surface area contributed by atoms with E-state index in [4.69, 9.17) is 5.11 Å². The first-order chi connectivity index (χ1) is 13.3. The normalized spacial score (nSPS) is 11.4. The van der Waals surface area contributed by atoms with Crippen LogP contribution in [0.5, 0.6) is 0 Å². The van der Waals surface area contributed by atoms with Crippen molar-refractivity contribution < 1.29 is 9.90 Å². The number of unbranched alkanes of at least 4 members (excludes halogenated alkanes) is 18. The molecule has 27 heavy (non-hydrogen) atoms. The Kier molecular flexibility index (Phi) is 22.6. The molecule has 1 N–H and O–H groups in total. The molecule has 160 valence electrons. The molecule has 0 bridgehead atoms. The molecule has 0 fully saturated rings. The van der Waals surface area contributed by atoms with E-state index in [9.17, 15) is 4.79 Å². The van der Waals surface area contributed by atoms with Gasteiger partial charge in [0.2, 0.25) is 0 Å². The van der Waals surface area contributed by atoms with Crippen LogP contribution in [-0.2, 0) is 4.79 Å². The highest BCUT2D eigenvalue weighted by Crippen LogP contribution is 2.13. The molecule has 0 spiro atoms. The first kappa shape index (κ1) is 26.2. The van der Waals surface area contributed by atoms with Crippen molar-refractivity contribution in [3.63, 3.8) is 0 Å². The van der Waals surface area contributed by atoms with Gasteiger partial charge in [-0.05, 0) is 32.1 Å². The van der Waals surface area contributed by atoms with Crippen LogP contribution in [0.3, 0.4) is 0 Å². The zero-order chi connectivity index (χ0) is 19.8. The summed E-state index contributed by atoms with van der Waals surface area (Å²) in [5.74, 6) is -0.653. The molecule has 2 nitrogen and oxygen atoms in total. The van der Waals surface area contributed by atoms with Gasteiger partial charge in [-0.3, -0.25) is 4.79 Å². The number of hydrogen-bond donors (Lipinski definition) is 1. The van der Waals surface area contributed by atoms with E-state index in [0.29, 0.717) is 6.42 Å². The van der Waals surface area contributed by atoms with E-state index in [2.05, 4.69) is 19.1 Å². The van der Waals surface area contributed by atoms with Gasteiger partial charge in [0.25, 0.3) is 0 Å². The fourth-order valence-electron chi connectivity index (χ4n) is 3.58. The fourth-order valence-corrected chi connectivity index (χ4v) is 3.58. The number of carbonyl (C=O) groups is 1. The first-order valence-corrected chi connectivity index (χ1v) is 12.1. The summed E-state index contributed by atoms with van der Waals surface area (Å²) < 4.78 is 0. The quantitative estimate of drug-likeness (QED) is 0.150. The Hall–Kier alpha value is -0.790. The second-order valence-corrected chi connectivity index (χ2v) is 8.20. The van der Waals surface area contributed by atoms with Crippen LogP contribution in [-0.4, -0.2) is 11.1 Å². The van der Waals surface area contributed by atoms with E-state index in [0.717, 1.165) is 12.8 Å². The lowest BCUT2D eigenvalue weighted by Gasteiger charge is -2.03. The summed E-state index contributed by atoms with van der Waals surface area (Å²) in [4.78, 5) is 10.4. The molecule has 0 aliphatic heterocycles. The lowest BCUT2D eigenvalue weighted by Crippen LogP contribution is -1.93. The Morgan fingerprint density at radius 1 is 0.556 bits per heavy atom. The van der Waals surface area contributed by atoms with Gasteiger partial charge < -0.3 is 5.11 Å². The predicted molar refractivity (Wildman–Crippen MR) is 119 cm³/mol. The van der Waals surface area contributed by atoms with E-state index >= 15 is 0 Å². The van der Waals surface area contributed by atoms with E-state index < -0.39 is 5.97 Å². The Labute approximate surface area is 170 Å². The molecule has 0 aliphatic carbocycles. The highest BCUT2D eigenvalue weighted by molar-refractivity contribution is 5.66. The van der Waals surface area contributed by atoms with Crippen molar-refractivity contribution in [3.05, 3.63) is 12.2 Å². The third-order valence-electron chi connectivity index (χ3n) is 5.40. The minimum Gasteiger partial charge on any atom is -0.481 e. The molecule has 2 heteroatoms. The summed E-state index contributed by atoms with van der Waals surface area (Å²) in [6.45, 7) is 2.28. The third kappa shape index (κ3) is 25.2. The highest BCUT2D eigenvalue weighted by atomic mass is 16.4. The van der Waals surface area contributed by atoms with Crippen LogP contribution in [0.15, 0.2) is 12.2 Å². The summed E-state index contributed by atoms with van der Waals surface area (Å²) in [6, 6.07) is 0. The Bertz CT molecular complexity index is 322. The average Bonchev–Trinajstić information content (AvgIpc) is 2.65. The van der Waals surface area contributed by atoms with Crippen molar-refractivity contribution in [1.82, 2.24) is 0 Å². The summed E-state index contributed by atoms with van der Waals surface area (Å²) in [5.41, 5.74) is 0. The molecule has 0 rings (SSSR count). The van der Waals surface area contributed by atoms with Crippen molar-refractivity contribution in [3.8, 4) is 0 Å². The lowest BCUT2D eigenvalue weighted by molar-refractivity contribution is -0.137. The minimum atomic E-state index is -0.653. The molecule has 0 atom stereocenters. The van der Waals surface area contributed by atoms with Crippen LogP contribution < -0.4 is 0 Å². The topological polar surface area (TPSA) is 37.3 Å². The molecular weight excluding hydrogens is 332 g/mol. The van der Waals surface area contributed by atoms with Crippen molar-refractivity contribution in [2.45, 2.75) is 142 Å². The van der Waals surface area contributed by atoms with Crippen LogP contribution in [0, 0.1) is 0 Å². The Morgan fingerprint density at radius 2 is 0.889 bits per heavy atom. The maximum absolute atomic E-state index is 10.4. The van der Waals surface area contributed by atoms with Crippen LogP contribution in [0.1, 0.15) is 142 Å². The molecule has 0 unspecified atom stereocenters. The summed E-state index contributed by atoms with van der Waals surface area (Å²) in [6.07, 6.45) is 31.6. The van der Waals surface area contributed by atoms with Crippen LogP contribution in [0.2, 0.25) is 0 Å². The standard InChI is InChI=1S/C25H48O2/c1-2-3-4-5-6-7-8-9-10-11-12-13-14-15-16-17-18-19-20-21-22-23-24-25(26)27/h8-9H,2-7,10-24H2,1H3,(H,26,27). The van der Waals surface area contributed by atoms with Gasteiger partial charge in [-0.2, -0.15) is 0 Å². The SMILES string of the molecule is CCCCCCCC=CCCCCCCCCCCCCCCCC(=O)O. The number of aliphatic carboxylic acids is 1. The summed E-state index contributed by atoms with van der Waals surface area (Å²) >= 11 is 0. The molecule has 0 aliphatic rings. The molecule has 0 radical (unpaired) electrons. The van der Waals surface area contributed by atoms with Gasteiger partial charge in [0.1, 0.15) is 0 Å². The van der Waals surface area contributed by atoms with E-state index in [1.807, 2.05) is 0 Å². The number of carboxylic acid groups (broad SMARTS) is 1. The van der Waals surface area contributed by atoms with Crippen molar-refractivity contribution >= 4 is 5.97 Å². The summed E-state index contributed by atoms with van der Waals surface area (Å²) in [5, 5.41) is 8.58. The van der Waals surface area contributed by atoms with Gasteiger partial charge in [-0.1, -0.05) is 115 Å². The monoisotopic (exact) mass is 380 g/mol. The Morgan fingerprint density at radius 3 is 1.26 bits per heavy atom. The van der Waals surface area contributed by atoms with Crippen molar-refractivity contribution in [2.24, 2.45) is 0 Å². The number of rotatable bonds is 22. The van der Waals surface area contributed by atoms with Gasteiger partial charge in [-0.15, -0.1) is 0 Å². The van der Waals surface area contributed by atoms with Gasteiger partial charge >= 0.3 is 5.97 Å². The van der Waals surface area contributed by atoms with Gasteiger partial charge in [0.15, 0.2) is 0 Å². The molecule has 0 aromatic rings. The van der Waals surface area contributed by atoms with E-state index in [1.54, 1.807) is 0 Å². The van der Waals surface area contributed by atoms with Gasteiger partial charge in [0, 0.05) is 6.42 Å². The third-order valence-corrected chi connectivity index (χ3v) is 5.40. The van der Waals surface area contributed by atoms with Gasteiger partial charge in [-0.25, -0.2) is 0 Å². The first-order valence-electron chi connectivity index (χ1n) is 12.1. The zero-order valence-corrected chi connectivity index (χ0v) is 18.4. The maximum atomic E-state index is 10.4. The van der Waals surface area contributed by atoms with Crippen LogP contribution >= 0.6 is 0 Å². The largest absolute Gasteiger partial charge is 0.481 e. The van der Waals surface area contributed by atoms with Crippen molar-refractivity contribution in [1.29, 1.82) is 0 Å². The molecule has 0 aromatic carbocycles. The number of allylic oxidation sites excluding steroid dienone is 2. The van der Waals surface area contributed by atoms with Crippen molar-refractivity contribution in [2.75, 3.05) is 0 Å². The molecule has 0 saturated carbocycles. The molecule has 0 saturated heterocycles. The zero-order valence-electron chi connectivity index (χ0n) is 18.4. The highest BCUT2D eigenvalue weighted by Gasteiger charge is 1.97. The smallest absolute Gasteiger partial charge is 0.303 e. The van der Waals surface area contributed by atoms with Gasteiger partial charge in [0.05, 0.1) is 0 Å². The van der Waals surface area contributed by atoms with Crippen LogP contribution in [0.4, 0.5) is 0 Å². The molecule has 0 aromatic heterocycles. The predicted octanol–water partition coefficient (Wildman–Crippen LogP) is 8.84. The second-order valence-electron chi connectivity index (χ2n) is 8.20. The van der Waals surface area contributed by atoms with Crippen LogP contribution in [0.25, 0.3) is 0 Å². The van der Waals surface area contributed by atoms with E-state index in [1.165, 1.54) is 116 Å². The van der Waals surface area contributed by atoms with E-state index in [-0.39, 0.29) is 0 Å². The lowest BCUT2D eigenvalue weighted by atomic mass is 10.0. The Balaban J connectivity index is 3.05. The number of carboxylic acids is 1. The maximum Gasteiger partial charge on any atom is 0.303 e. The summed E-state index contributed by atoms with van der Waals surface area (Å²) in [7, 11) is 0. The molecule has 0 amide bonds. The minimum absolute atomic E-state index is 0.343. The fraction of sp³-hybridized carbons (Fsp3) is 0.880. The molecule has 0 heterocycles. The second kappa shape index (κ2) is 23.2.